The van der Waals surface area contributed by atoms with Gasteiger partial charge in [-0.05, 0) is 39.7 Å². The van der Waals surface area contributed by atoms with E-state index in [4.69, 9.17) is 19.2 Å². The average molecular weight is 441 g/mol. The van der Waals surface area contributed by atoms with Gasteiger partial charge in [0.2, 0.25) is 11.8 Å². The van der Waals surface area contributed by atoms with Gasteiger partial charge in [0.05, 0.1) is 25.2 Å². The van der Waals surface area contributed by atoms with Crippen LogP contribution in [0.25, 0.3) is 16.9 Å². The van der Waals surface area contributed by atoms with Crippen LogP contribution >= 0.6 is 0 Å². The van der Waals surface area contributed by atoms with Crippen molar-refractivity contribution < 1.29 is 19.0 Å². The van der Waals surface area contributed by atoms with Gasteiger partial charge >= 0.3 is 6.09 Å². The standard InChI is InChI=1S/C22H28N6O4/c1-22(2,3)32-21(29)27-10-5-6-15(8-11-27)31-20-18-7-9-25-28(18)13-17(26-20)16-12-19(30-4)24-14-23-16/h7,9,12-15H,5-6,8,10-11H2,1-4H3. The van der Waals surface area contributed by atoms with Gasteiger partial charge in [-0.2, -0.15) is 5.10 Å². The monoisotopic (exact) mass is 440 g/mol. The summed E-state index contributed by atoms with van der Waals surface area (Å²) in [7, 11) is 1.55. The minimum Gasteiger partial charge on any atom is -0.481 e. The fourth-order valence-electron chi connectivity index (χ4n) is 3.55. The molecule has 10 nitrogen and oxygen atoms in total. The second-order valence-electron chi connectivity index (χ2n) is 8.68. The van der Waals surface area contributed by atoms with Crippen LogP contribution in [-0.4, -0.2) is 67.5 Å². The van der Waals surface area contributed by atoms with Crippen molar-refractivity contribution in [2.45, 2.75) is 51.7 Å². The molecule has 0 aromatic carbocycles. The molecule has 1 saturated heterocycles. The molecule has 1 aliphatic rings. The van der Waals surface area contributed by atoms with E-state index >= 15 is 0 Å². The number of fused-ring (bicyclic) bond motifs is 1. The Balaban J connectivity index is 1.53. The third-order valence-corrected chi connectivity index (χ3v) is 5.07. The van der Waals surface area contributed by atoms with E-state index in [-0.39, 0.29) is 12.2 Å². The largest absolute Gasteiger partial charge is 0.481 e. The van der Waals surface area contributed by atoms with E-state index < -0.39 is 5.60 Å². The van der Waals surface area contributed by atoms with Crippen molar-refractivity contribution in [1.82, 2.24) is 29.5 Å². The lowest BCUT2D eigenvalue weighted by Crippen LogP contribution is -2.37. The number of rotatable bonds is 4. The summed E-state index contributed by atoms with van der Waals surface area (Å²) >= 11 is 0. The summed E-state index contributed by atoms with van der Waals surface area (Å²) in [5, 5.41) is 4.34. The van der Waals surface area contributed by atoms with E-state index in [0.717, 1.165) is 18.4 Å². The van der Waals surface area contributed by atoms with Gasteiger partial charge in [-0.3, -0.25) is 0 Å². The van der Waals surface area contributed by atoms with Crippen molar-refractivity contribution in [3.63, 3.8) is 0 Å². The molecule has 3 aromatic heterocycles. The average Bonchev–Trinajstić information content (AvgIpc) is 3.11. The molecule has 0 radical (unpaired) electrons. The zero-order valence-corrected chi connectivity index (χ0v) is 18.8. The lowest BCUT2D eigenvalue weighted by atomic mass is 10.1. The fraction of sp³-hybridized carbons (Fsp3) is 0.500. The van der Waals surface area contributed by atoms with Crippen LogP contribution in [0.4, 0.5) is 4.79 Å². The van der Waals surface area contributed by atoms with E-state index in [0.29, 0.717) is 42.7 Å². The maximum atomic E-state index is 12.4. The summed E-state index contributed by atoms with van der Waals surface area (Å²) in [4.78, 5) is 27.3. The van der Waals surface area contributed by atoms with Crippen LogP contribution in [0.2, 0.25) is 0 Å². The third-order valence-electron chi connectivity index (χ3n) is 5.07. The molecule has 3 aromatic rings. The van der Waals surface area contributed by atoms with Crippen LogP contribution in [0.5, 0.6) is 11.8 Å². The third kappa shape index (κ3) is 5.06. The first-order valence-electron chi connectivity index (χ1n) is 10.7. The van der Waals surface area contributed by atoms with Gasteiger partial charge in [0.1, 0.15) is 29.2 Å². The van der Waals surface area contributed by atoms with Gasteiger partial charge in [0.25, 0.3) is 0 Å². The first-order chi connectivity index (χ1) is 15.3. The van der Waals surface area contributed by atoms with E-state index in [1.54, 1.807) is 35.0 Å². The number of likely N-dealkylation sites (tertiary alicyclic amines) is 1. The minimum atomic E-state index is -0.513. The Bertz CT molecular complexity index is 1090. The van der Waals surface area contributed by atoms with Crippen molar-refractivity contribution in [2.24, 2.45) is 0 Å². The first-order valence-corrected chi connectivity index (χ1v) is 10.7. The van der Waals surface area contributed by atoms with Crippen molar-refractivity contribution >= 4 is 11.6 Å². The fourth-order valence-corrected chi connectivity index (χ4v) is 3.55. The molecule has 4 heterocycles. The molecule has 1 aliphatic heterocycles. The quantitative estimate of drug-likeness (QED) is 0.608. The number of ether oxygens (including phenoxy) is 3. The van der Waals surface area contributed by atoms with E-state index in [2.05, 4.69) is 15.1 Å². The van der Waals surface area contributed by atoms with Crippen LogP contribution in [0.3, 0.4) is 0 Å². The van der Waals surface area contributed by atoms with Crippen molar-refractivity contribution in [3.8, 4) is 23.1 Å². The summed E-state index contributed by atoms with van der Waals surface area (Å²) in [6.45, 7) is 6.83. The lowest BCUT2D eigenvalue weighted by Gasteiger charge is -2.26. The molecule has 0 aliphatic carbocycles. The van der Waals surface area contributed by atoms with Crippen LogP contribution in [0.15, 0.2) is 30.9 Å². The van der Waals surface area contributed by atoms with Crippen LogP contribution in [-0.2, 0) is 4.74 Å². The molecule has 1 unspecified atom stereocenters. The van der Waals surface area contributed by atoms with Crippen LogP contribution in [0, 0.1) is 0 Å². The second kappa shape index (κ2) is 8.97. The number of hydrogen-bond acceptors (Lipinski definition) is 8. The molecule has 170 valence electrons. The summed E-state index contributed by atoms with van der Waals surface area (Å²) in [6, 6.07) is 3.57. The summed E-state index contributed by atoms with van der Waals surface area (Å²) in [6.07, 6.45) is 6.88. The maximum absolute atomic E-state index is 12.4. The predicted octanol–water partition coefficient (Wildman–Crippen LogP) is 3.36. The molecule has 0 saturated carbocycles. The zero-order chi connectivity index (χ0) is 22.7. The van der Waals surface area contributed by atoms with Crippen molar-refractivity contribution in [2.75, 3.05) is 20.2 Å². The number of amides is 1. The highest BCUT2D eigenvalue weighted by atomic mass is 16.6. The Morgan fingerprint density at radius 1 is 1.16 bits per heavy atom. The topological polar surface area (TPSA) is 104 Å². The normalized spacial score (nSPS) is 17.1. The predicted molar refractivity (Wildman–Crippen MR) is 117 cm³/mol. The molecular formula is C22H28N6O4. The summed E-state index contributed by atoms with van der Waals surface area (Å²) in [5.41, 5.74) is 1.46. The number of carbonyl (C=O) groups excluding carboxylic acids is 1. The number of nitrogens with zero attached hydrogens (tertiary/aromatic N) is 6. The Morgan fingerprint density at radius 3 is 2.78 bits per heavy atom. The van der Waals surface area contributed by atoms with Crippen LogP contribution in [0.1, 0.15) is 40.0 Å². The second-order valence-corrected chi connectivity index (χ2v) is 8.68. The molecule has 4 rings (SSSR count). The van der Waals surface area contributed by atoms with Crippen LogP contribution < -0.4 is 9.47 Å². The highest BCUT2D eigenvalue weighted by Crippen LogP contribution is 2.27. The Kier molecular flexibility index (Phi) is 6.11. The number of hydrogen-bond donors (Lipinski definition) is 0. The zero-order valence-electron chi connectivity index (χ0n) is 18.8. The SMILES string of the molecule is COc1cc(-c2cn3nccc3c(OC3CCCN(C(=O)OC(C)(C)C)CC3)n2)ncn1. The first kappa shape index (κ1) is 21.8. The molecule has 1 fully saturated rings. The highest BCUT2D eigenvalue weighted by Gasteiger charge is 2.26. The maximum Gasteiger partial charge on any atom is 0.410 e. The molecule has 0 spiro atoms. The number of carbonyl (C=O) groups is 1. The van der Waals surface area contributed by atoms with E-state index in [1.165, 1.54) is 6.33 Å². The molecule has 0 bridgehead atoms. The molecule has 1 atom stereocenters. The summed E-state index contributed by atoms with van der Waals surface area (Å²) < 4.78 is 18.8. The lowest BCUT2D eigenvalue weighted by molar-refractivity contribution is 0.0252. The van der Waals surface area contributed by atoms with Gasteiger partial charge in [0, 0.05) is 25.6 Å². The number of aromatic nitrogens is 5. The van der Waals surface area contributed by atoms with Crippen molar-refractivity contribution in [1.29, 1.82) is 0 Å². The van der Waals surface area contributed by atoms with Crippen molar-refractivity contribution in [3.05, 3.63) is 30.9 Å². The van der Waals surface area contributed by atoms with Gasteiger partial charge < -0.3 is 19.1 Å². The Labute approximate surface area is 186 Å². The summed E-state index contributed by atoms with van der Waals surface area (Å²) in [5.74, 6) is 0.930. The Morgan fingerprint density at radius 2 is 2.00 bits per heavy atom. The minimum absolute atomic E-state index is 0.0798. The van der Waals surface area contributed by atoms with E-state index in [1.807, 2.05) is 26.8 Å². The molecule has 32 heavy (non-hydrogen) atoms. The molecular weight excluding hydrogens is 412 g/mol. The van der Waals surface area contributed by atoms with E-state index in [9.17, 15) is 4.79 Å². The van der Waals surface area contributed by atoms with Gasteiger partial charge in [-0.15, -0.1) is 0 Å². The highest BCUT2D eigenvalue weighted by molar-refractivity contribution is 5.68. The Hall–Kier alpha value is -3.43. The van der Waals surface area contributed by atoms with Gasteiger partial charge in [0.15, 0.2) is 0 Å². The van der Waals surface area contributed by atoms with Gasteiger partial charge in [-0.25, -0.2) is 24.3 Å². The molecule has 0 N–H and O–H groups in total. The van der Waals surface area contributed by atoms with Gasteiger partial charge in [-0.1, -0.05) is 0 Å². The molecule has 10 heteroatoms. The molecule has 1 amide bonds. The smallest absolute Gasteiger partial charge is 0.410 e. The number of methoxy groups -OCH3 is 1.